The SMILES string of the molecule is Cn1nc(C(=O)NC(C)(C)C(=O)O)cc1NC(=O)OCC1c2ccccc2-c2ccccc21. The van der Waals surface area contributed by atoms with Crippen LogP contribution in [0.2, 0.25) is 0 Å². The van der Waals surface area contributed by atoms with Gasteiger partial charge in [-0.15, -0.1) is 0 Å². The van der Waals surface area contributed by atoms with Gasteiger partial charge in [-0.1, -0.05) is 48.5 Å². The number of carbonyl (C=O) groups is 3. The summed E-state index contributed by atoms with van der Waals surface area (Å²) < 4.78 is 6.82. The van der Waals surface area contributed by atoms with E-state index in [1.165, 1.54) is 24.6 Å². The third-order valence-corrected chi connectivity index (χ3v) is 5.65. The van der Waals surface area contributed by atoms with Gasteiger partial charge in [0.2, 0.25) is 0 Å². The van der Waals surface area contributed by atoms with Gasteiger partial charge in [-0.2, -0.15) is 5.10 Å². The molecule has 1 aliphatic rings. The summed E-state index contributed by atoms with van der Waals surface area (Å²) in [6.45, 7) is 2.88. The number of ether oxygens (including phenoxy) is 1. The normalized spacial score (nSPS) is 12.6. The fourth-order valence-electron chi connectivity index (χ4n) is 3.84. The molecule has 2 aromatic carbocycles. The van der Waals surface area contributed by atoms with Crippen molar-refractivity contribution in [2.45, 2.75) is 25.3 Å². The zero-order chi connectivity index (χ0) is 23.8. The Morgan fingerprint density at radius 2 is 1.64 bits per heavy atom. The number of aliphatic carboxylic acids is 1. The highest BCUT2D eigenvalue weighted by molar-refractivity contribution is 5.97. The lowest BCUT2D eigenvalue weighted by Gasteiger charge is -2.19. The van der Waals surface area contributed by atoms with Crippen molar-refractivity contribution < 1.29 is 24.2 Å². The first-order valence-corrected chi connectivity index (χ1v) is 10.4. The van der Waals surface area contributed by atoms with Crippen molar-refractivity contribution in [3.05, 3.63) is 71.4 Å². The second-order valence-electron chi connectivity index (χ2n) is 8.37. The van der Waals surface area contributed by atoms with Crippen LogP contribution >= 0.6 is 0 Å². The van der Waals surface area contributed by atoms with Gasteiger partial charge in [0.15, 0.2) is 5.69 Å². The fraction of sp³-hybridized carbons (Fsp3) is 0.250. The van der Waals surface area contributed by atoms with Crippen LogP contribution in [0.15, 0.2) is 54.6 Å². The number of carboxylic acids is 1. The van der Waals surface area contributed by atoms with Crippen molar-refractivity contribution >= 4 is 23.8 Å². The fourth-order valence-corrected chi connectivity index (χ4v) is 3.84. The molecule has 0 saturated heterocycles. The zero-order valence-corrected chi connectivity index (χ0v) is 18.5. The van der Waals surface area contributed by atoms with Crippen LogP contribution in [0.4, 0.5) is 10.6 Å². The Bertz CT molecular complexity index is 1200. The summed E-state index contributed by atoms with van der Waals surface area (Å²) in [6.07, 6.45) is -0.683. The zero-order valence-electron chi connectivity index (χ0n) is 18.5. The molecule has 33 heavy (non-hydrogen) atoms. The summed E-state index contributed by atoms with van der Waals surface area (Å²) in [6, 6.07) is 17.4. The van der Waals surface area contributed by atoms with Gasteiger partial charge < -0.3 is 15.2 Å². The molecule has 4 rings (SSSR count). The molecule has 0 bridgehead atoms. The van der Waals surface area contributed by atoms with E-state index < -0.39 is 23.5 Å². The van der Waals surface area contributed by atoms with Crippen molar-refractivity contribution in [2.24, 2.45) is 7.05 Å². The molecule has 170 valence electrons. The number of rotatable bonds is 6. The van der Waals surface area contributed by atoms with Gasteiger partial charge in [0.25, 0.3) is 5.91 Å². The summed E-state index contributed by atoms with van der Waals surface area (Å²) in [5.41, 5.74) is 2.98. The number of aromatic nitrogens is 2. The van der Waals surface area contributed by atoms with E-state index in [2.05, 4.69) is 27.9 Å². The highest BCUT2D eigenvalue weighted by Crippen LogP contribution is 2.44. The summed E-state index contributed by atoms with van der Waals surface area (Å²) in [5.74, 6) is -1.68. The molecule has 0 radical (unpaired) electrons. The number of aryl methyl sites for hydroxylation is 1. The van der Waals surface area contributed by atoms with Gasteiger partial charge in [0.1, 0.15) is 18.0 Å². The van der Waals surface area contributed by atoms with E-state index in [1.54, 1.807) is 7.05 Å². The molecule has 1 aromatic heterocycles. The van der Waals surface area contributed by atoms with E-state index in [9.17, 15) is 19.5 Å². The number of anilines is 1. The number of carboxylic acid groups (broad SMARTS) is 1. The number of hydrogen-bond donors (Lipinski definition) is 3. The number of nitrogens with one attached hydrogen (secondary N) is 2. The van der Waals surface area contributed by atoms with E-state index in [1.807, 2.05) is 36.4 Å². The van der Waals surface area contributed by atoms with Gasteiger partial charge in [-0.05, 0) is 36.1 Å². The molecule has 9 nitrogen and oxygen atoms in total. The number of fused-ring (bicyclic) bond motifs is 3. The molecule has 9 heteroatoms. The number of carbonyl (C=O) groups excluding carboxylic acids is 2. The van der Waals surface area contributed by atoms with Gasteiger partial charge in [-0.3, -0.25) is 14.8 Å². The van der Waals surface area contributed by atoms with Crippen LogP contribution < -0.4 is 10.6 Å². The van der Waals surface area contributed by atoms with Gasteiger partial charge in [0, 0.05) is 19.0 Å². The van der Waals surface area contributed by atoms with Crippen LogP contribution in [0.3, 0.4) is 0 Å². The Morgan fingerprint density at radius 3 is 2.21 bits per heavy atom. The highest BCUT2D eigenvalue weighted by atomic mass is 16.5. The van der Waals surface area contributed by atoms with Crippen LogP contribution in [0.1, 0.15) is 41.4 Å². The average Bonchev–Trinajstić information content (AvgIpc) is 3.30. The van der Waals surface area contributed by atoms with Crippen LogP contribution in [-0.4, -0.2) is 45.0 Å². The molecular weight excluding hydrogens is 424 g/mol. The van der Waals surface area contributed by atoms with E-state index in [0.29, 0.717) is 0 Å². The summed E-state index contributed by atoms with van der Waals surface area (Å²) in [4.78, 5) is 36.1. The average molecular weight is 448 g/mol. The Morgan fingerprint density at radius 1 is 1.06 bits per heavy atom. The second-order valence-corrected chi connectivity index (χ2v) is 8.37. The molecule has 0 aliphatic heterocycles. The second kappa shape index (κ2) is 8.42. The van der Waals surface area contributed by atoms with Gasteiger partial charge >= 0.3 is 12.1 Å². The van der Waals surface area contributed by atoms with Crippen LogP contribution in [0.5, 0.6) is 0 Å². The topological polar surface area (TPSA) is 123 Å². The predicted molar refractivity (Wildman–Crippen MR) is 121 cm³/mol. The van der Waals surface area contributed by atoms with E-state index in [0.717, 1.165) is 22.3 Å². The minimum atomic E-state index is -1.46. The van der Waals surface area contributed by atoms with Crippen molar-refractivity contribution in [2.75, 3.05) is 11.9 Å². The van der Waals surface area contributed by atoms with Crippen molar-refractivity contribution in [1.29, 1.82) is 0 Å². The molecule has 1 aliphatic carbocycles. The largest absolute Gasteiger partial charge is 0.480 e. The smallest absolute Gasteiger partial charge is 0.412 e. The van der Waals surface area contributed by atoms with Crippen LogP contribution in [0.25, 0.3) is 11.1 Å². The molecule has 3 N–H and O–H groups in total. The molecule has 2 amide bonds. The number of amides is 2. The van der Waals surface area contributed by atoms with E-state index in [4.69, 9.17) is 4.74 Å². The third kappa shape index (κ3) is 4.30. The standard InChI is InChI=1S/C24H24N4O5/c1-24(2,22(30)31)26-21(29)19-12-20(28(3)27-19)25-23(32)33-13-18-16-10-6-4-8-14(16)15-9-5-7-11-17(15)18/h4-12,18H,13H2,1-3H3,(H,25,32)(H,26,29)(H,30,31). The van der Waals surface area contributed by atoms with Gasteiger partial charge in [0.05, 0.1) is 0 Å². The first kappa shape index (κ1) is 22.1. The maximum absolute atomic E-state index is 12.5. The highest BCUT2D eigenvalue weighted by Gasteiger charge is 2.31. The third-order valence-electron chi connectivity index (χ3n) is 5.65. The minimum absolute atomic E-state index is 0.0271. The van der Waals surface area contributed by atoms with Gasteiger partial charge in [-0.25, -0.2) is 9.59 Å². The molecule has 0 atom stereocenters. The lowest BCUT2D eigenvalue weighted by molar-refractivity contribution is -0.143. The number of hydrogen-bond acceptors (Lipinski definition) is 5. The lowest BCUT2D eigenvalue weighted by Crippen LogP contribution is -2.49. The Hall–Kier alpha value is -4.14. The van der Waals surface area contributed by atoms with Crippen molar-refractivity contribution in [3.8, 4) is 11.1 Å². The van der Waals surface area contributed by atoms with E-state index >= 15 is 0 Å². The molecule has 0 spiro atoms. The van der Waals surface area contributed by atoms with Crippen LogP contribution in [0, 0.1) is 0 Å². The summed E-state index contributed by atoms with van der Waals surface area (Å²) in [5, 5.41) is 18.2. The molecular formula is C24H24N4O5. The predicted octanol–water partition coefficient (Wildman–Crippen LogP) is 3.37. The molecule has 1 heterocycles. The monoisotopic (exact) mass is 448 g/mol. The molecule has 0 fully saturated rings. The first-order valence-electron chi connectivity index (χ1n) is 10.4. The minimum Gasteiger partial charge on any atom is -0.480 e. The lowest BCUT2D eigenvalue weighted by atomic mass is 9.98. The van der Waals surface area contributed by atoms with Crippen molar-refractivity contribution in [1.82, 2.24) is 15.1 Å². The first-order chi connectivity index (χ1) is 15.7. The quantitative estimate of drug-likeness (QED) is 0.531. The Kier molecular flexibility index (Phi) is 5.63. The van der Waals surface area contributed by atoms with Crippen molar-refractivity contribution in [3.63, 3.8) is 0 Å². The number of nitrogens with zero attached hydrogens (tertiary/aromatic N) is 2. The summed E-state index contributed by atoms with van der Waals surface area (Å²) >= 11 is 0. The molecule has 0 saturated carbocycles. The summed E-state index contributed by atoms with van der Waals surface area (Å²) in [7, 11) is 1.55. The Balaban J connectivity index is 1.42. The van der Waals surface area contributed by atoms with E-state index in [-0.39, 0.29) is 24.0 Å². The Labute approximate surface area is 190 Å². The number of benzene rings is 2. The van der Waals surface area contributed by atoms with Crippen LogP contribution in [-0.2, 0) is 16.6 Å². The maximum Gasteiger partial charge on any atom is 0.412 e. The maximum atomic E-state index is 12.5. The molecule has 0 unspecified atom stereocenters. The molecule has 3 aromatic rings.